The lowest BCUT2D eigenvalue weighted by Crippen LogP contribution is -2.33. The highest BCUT2D eigenvalue weighted by Gasteiger charge is 2.31. The van der Waals surface area contributed by atoms with Crippen LogP contribution in [-0.4, -0.2) is 11.9 Å². The Morgan fingerprint density at radius 3 is 2.80 bits per heavy atom. The fraction of sp³-hybridized carbons (Fsp3) is 0.706. The minimum Gasteiger partial charge on any atom is -0.350 e. The molecule has 2 nitrogen and oxygen atoms in total. The van der Waals surface area contributed by atoms with Gasteiger partial charge in [-0.25, -0.2) is 0 Å². The highest BCUT2D eigenvalue weighted by molar-refractivity contribution is 7.10. The minimum atomic E-state index is 0.117. The van der Waals surface area contributed by atoms with Crippen molar-refractivity contribution in [3.05, 3.63) is 21.4 Å². The van der Waals surface area contributed by atoms with Crippen molar-refractivity contribution in [2.45, 2.75) is 66.3 Å². The second-order valence-corrected chi connectivity index (χ2v) is 8.10. The third-order valence-corrected chi connectivity index (χ3v) is 5.67. The number of amides is 1. The van der Waals surface area contributed by atoms with Crippen LogP contribution in [0.3, 0.4) is 0 Å². The van der Waals surface area contributed by atoms with Crippen LogP contribution in [0.1, 0.15) is 68.3 Å². The Morgan fingerprint density at radius 1 is 1.50 bits per heavy atom. The van der Waals surface area contributed by atoms with E-state index in [-0.39, 0.29) is 11.9 Å². The van der Waals surface area contributed by atoms with E-state index in [0.717, 1.165) is 30.7 Å². The van der Waals surface area contributed by atoms with Gasteiger partial charge in [-0.3, -0.25) is 4.79 Å². The summed E-state index contributed by atoms with van der Waals surface area (Å²) in [6.45, 7) is 11.1. The number of thiophene rings is 1. The molecule has 0 aliphatic heterocycles. The average Bonchev–Trinajstić information content (AvgIpc) is 2.80. The number of hydrogen-bond acceptors (Lipinski definition) is 2. The maximum absolute atomic E-state index is 12.3. The number of fused-ring (bicyclic) bond motifs is 1. The number of carbonyl (C=O) groups is 1. The van der Waals surface area contributed by atoms with E-state index >= 15 is 0 Å². The van der Waals surface area contributed by atoms with Crippen LogP contribution in [0.5, 0.6) is 0 Å². The highest BCUT2D eigenvalue weighted by Crippen LogP contribution is 2.40. The standard InChI is InChI=1S/C17H27NOS/c1-6-11(2)18-16(19)14-10-20-15-9-12(17(3,4)5)7-8-13(14)15/h10-12H,6-9H2,1-5H3,(H,18,19). The van der Waals surface area contributed by atoms with Crippen molar-refractivity contribution in [3.8, 4) is 0 Å². The lowest BCUT2D eigenvalue weighted by molar-refractivity contribution is 0.0938. The topological polar surface area (TPSA) is 29.1 Å². The molecule has 1 amide bonds. The van der Waals surface area contributed by atoms with Crippen LogP contribution in [0.25, 0.3) is 0 Å². The van der Waals surface area contributed by atoms with Gasteiger partial charge in [0.2, 0.25) is 0 Å². The second kappa shape index (κ2) is 5.88. The van der Waals surface area contributed by atoms with Gasteiger partial charge in [0.25, 0.3) is 5.91 Å². The van der Waals surface area contributed by atoms with Crippen LogP contribution in [0, 0.1) is 11.3 Å². The summed E-state index contributed by atoms with van der Waals surface area (Å²) in [5.74, 6) is 0.852. The fourth-order valence-electron chi connectivity index (χ4n) is 2.85. The van der Waals surface area contributed by atoms with Gasteiger partial charge in [0.05, 0.1) is 5.56 Å². The molecule has 112 valence electrons. The summed E-state index contributed by atoms with van der Waals surface area (Å²) in [5, 5.41) is 5.15. The largest absolute Gasteiger partial charge is 0.350 e. The van der Waals surface area contributed by atoms with Crippen LogP contribution in [0.4, 0.5) is 0 Å². The molecule has 0 radical (unpaired) electrons. The van der Waals surface area contributed by atoms with Gasteiger partial charge in [0.15, 0.2) is 0 Å². The SMILES string of the molecule is CCC(C)NC(=O)c1csc2c1CCC(C(C)(C)C)C2. The molecule has 0 aromatic carbocycles. The smallest absolute Gasteiger partial charge is 0.252 e. The molecular weight excluding hydrogens is 266 g/mol. The van der Waals surface area contributed by atoms with Crippen molar-refractivity contribution >= 4 is 17.2 Å². The number of hydrogen-bond donors (Lipinski definition) is 1. The van der Waals surface area contributed by atoms with Gasteiger partial charge in [-0.1, -0.05) is 27.7 Å². The monoisotopic (exact) mass is 293 g/mol. The van der Waals surface area contributed by atoms with E-state index in [9.17, 15) is 4.79 Å². The zero-order valence-corrected chi connectivity index (χ0v) is 14.2. The van der Waals surface area contributed by atoms with Crippen LogP contribution in [0.2, 0.25) is 0 Å². The summed E-state index contributed by atoms with van der Waals surface area (Å²) in [4.78, 5) is 13.8. The van der Waals surface area contributed by atoms with Crippen LogP contribution in [0.15, 0.2) is 5.38 Å². The Hall–Kier alpha value is -0.830. The van der Waals surface area contributed by atoms with Crippen molar-refractivity contribution in [2.75, 3.05) is 0 Å². The normalized spacial score (nSPS) is 20.4. The second-order valence-electron chi connectivity index (χ2n) is 7.14. The predicted molar refractivity (Wildman–Crippen MR) is 86.5 cm³/mol. The molecule has 1 aromatic heterocycles. The van der Waals surface area contributed by atoms with E-state index in [4.69, 9.17) is 0 Å². The third-order valence-electron chi connectivity index (χ3n) is 4.61. The Kier molecular flexibility index (Phi) is 4.58. The maximum atomic E-state index is 12.3. The lowest BCUT2D eigenvalue weighted by atomic mass is 9.72. The quantitative estimate of drug-likeness (QED) is 0.877. The molecular formula is C17H27NOS. The molecule has 2 rings (SSSR count). The molecule has 3 heteroatoms. The Balaban J connectivity index is 2.14. The van der Waals surface area contributed by atoms with Crippen molar-refractivity contribution in [1.82, 2.24) is 5.32 Å². The summed E-state index contributed by atoms with van der Waals surface area (Å²) in [6, 6.07) is 0.254. The number of nitrogens with one attached hydrogen (secondary N) is 1. The summed E-state index contributed by atoms with van der Waals surface area (Å²) in [7, 11) is 0. The predicted octanol–water partition coefficient (Wildman–Crippen LogP) is 4.43. The van der Waals surface area contributed by atoms with Gasteiger partial charge in [-0.15, -0.1) is 11.3 Å². The first-order chi connectivity index (χ1) is 9.32. The van der Waals surface area contributed by atoms with Crippen molar-refractivity contribution in [3.63, 3.8) is 0 Å². The molecule has 1 N–H and O–H groups in total. The zero-order valence-electron chi connectivity index (χ0n) is 13.4. The maximum Gasteiger partial charge on any atom is 0.252 e. The van der Waals surface area contributed by atoms with Crippen molar-refractivity contribution < 1.29 is 4.79 Å². The fourth-order valence-corrected chi connectivity index (χ4v) is 4.01. The number of rotatable bonds is 3. The first-order valence-corrected chi connectivity index (χ1v) is 8.61. The summed E-state index contributed by atoms with van der Waals surface area (Å²) in [5.41, 5.74) is 2.61. The molecule has 1 heterocycles. The average molecular weight is 293 g/mol. The van der Waals surface area contributed by atoms with E-state index in [0.29, 0.717) is 5.41 Å². The van der Waals surface area contributed by atoms with Gasteiger partial charge < -0.3 is 5.32 Å². The van der Waals surface area contributed by atoms with Crippen LogP contribution >= 0.6 is 11.3 Å². The van der Waals surface area contributed by atoms with E-state index in [1.807, 2.05) is 0 Å². The summed E-state index contributed by atoms with van der Waals surface area (Å²) < 4.78 is 0. The molecule has 1 aliphatic carbocycles. The summed E-state index contributed by atoms with van der Waals surface area (Å²) >= 11 is 1.77. The van der Waals surface area contributed by atoms with E-state index in [1.165, 1.54) is 16.9 Å². The number of carbonyl (C=O) groups excluding carboxylic acids is 1. The first-order valence-electron chi connectivity index (χ1n) is 7.73. The molecule has 1 aromatic rings. The first kappa shape index (κ1) is 15.6. The molecule has 20 heavy (non-hydrogen) atoms. The van der Waals surface area contributed by atoms with E-state index < -0.39 is 0 Å². The molecule has 0 bridgehead atoms. The molecule has 0 saturated heterocycles. The summed E-state index contributed by atoms with van der Waals surface area (Å²) in [6.07, 6.45) is 4.38. The zero-order chi connectivity index (χ0) is 14.9. The van der Waals surface area contributed by atoms with Crippen LogP contribution < -0.4 is 5.32 Å². The molecule has 0 spiro atoms. The highest BCUT2D eigenvalue weighted by atomic mass is 32.1. The van der Waals surface area contributed by atoms with Gasteiger partial charge in [0, 0.05) is 16.3 Å². The van der Waals surface area contributed by atoms with Crippen molar-refractivity contribution in [2.24, 2.45) is 11.3 Å². The van der Waals surface area contributed by atoms with Gasteiger partial charge in [0.1, 0.15) is 0 Å². The van der Waals surface area contributed by atoms with Gasteiger partial charge >= 0.3 is 0 Å². The molecule has 2 atom stereocenters. The molecule has 0 saturated carbocycles. The van der Waals surface area contributed by atoms with E-state index in [2.05, 4.69) is 45.3 Å². The third kappa shape index (κ3) is 3.25. The van der Waals surface area contributed by atoms with Gasteiger partial charge in [-0.05, 0) is 49.5 Å². The Labute approximate surface area is 127 Å². The van der Waals surface area contributed by atoms with E-state index in [1.54, 1.807) is 11.3 Å². The van der Waals surface area contributed by atoms with Gasteiger partial charge in [-0.2, -0.15) is 0 Å². The Morgan fingerprint density at radius 2 is 2.20 bits per heavy atom. The lowest BCUT2D eigenvalue weighted by Gasteiger charge is -2.34. The minimum absolute atomic E-state index is 0.117. The van der Waals surface area contributed by atoms with Crippen LogP contribution in [-0.2, 0) is 12.8 Å². The van der Waals surface area contributed by atoms with Crippen molar-refractivity contribution in [1.29, 1.82) is 0 Å². The Bertz CT molecular complexity index is 484. The molecule has 2 unspecified atom stereocenters. The molecule has 1 aliphatic rings. The molecule has 0 fully saturated rings.